The number of nitrogens with zero attached hydrogens (tertiary/aromatic N) is 5. The fourth-order valence-electron chi connectivity index (χ4n) is 3.44. The highest BCUT2D eigenvalue weighted by Gasteiger charge is 2.27. The number of benzene rings is 2. The normalized spacial score (nSPS) is 13.8. The van der Waals surface area contributed by atoms with E-state index in [0.717, 1.165) is 6.07 Å². The van der Waals surface area contributed by atoms with E-state index in [2.05, 4.69) is 5.10 Å². The van der Waals surface area contributed by atoms with Crippen LogP contribution in [0.2, 0.25) is 5.02 Å². The Hall–Kier alpha value is -3.79. The van der Waals surface area contributed by atoms with Crippen molar-refractivity contribution in [1.29, 1.82) is 0 Å². The number of aromatic nitrogens is 2. The molecule has 0 unspecified atom stereocenters. The summed E-state index contributed by atoms with van der Waals surface area (Å²) in [7, 11) is 0. The summed E-state index contributed by atoms with van der Waals surface area (Å²) in [6.07, 6.45) is 1.56. The minimum atomic E-state index is -0.522. The Morgan fingerprint density at radius 2 is 1.69 bits per heavy atom. The molecular weight excluding hydrogens is 441 g/mol. The number of rotatable bonds is 4. The molecule has 0 aliphatic carbocycles. The molecular formula is C21H17ClFN5O4. The molecule has 4 rings (SSSR count). The minimum Gasteiger partial charge on any atom is -0.335 e. The molecule has 1 aromatic heterocycles. The number of non-ortho nitro benzene ring substituents is 1. The van der Waals surface area contributed by atoms with Crippen molar-refractivity contribution in [2.45, 2.75) is 0 Å². The quantitative estimate of drug-likeness (QED) is 0.442. The smallest absolute Gasteiger partial charge is 0.274 e. The maximum Gasteiger partial charge on any atom is 0.274 e. The SMILES string of the molecule is O=C(c1ccn(-c2cccc([N+](=O)[O-])c2)n1)N1CCN(C(=O)c2ccc(F)cc2Cl)CC1. The van der Waals surface area contributed by atoms with E-state index in [-0.39, 0.29) is 33.8 Å². The van der Waals surface area contributed by atoms with Crippen LogP contribution in [0.15, 0.2) is 54.7 Å². The van der Waals surface area contributed by atoms with Crippen molar-refractivity contribution in [1.82, 2.24) is 19.6 Å². The lowest BCUT2D eigenvalue weighted by Crippen LogP contribution is -2.50. The van der Waals surface area contributed by atoms with E-state index in [0.29, 0.717) is 31.9 Å². The number of hydrogen-bond acceptors (Lipinski definition) is 5. The van der Waals surface area contributed by atoms with Crippen molar-refractivity contribution in [3.05, 3.63) is 86.9 Å². The first-order valence-corrected chi connectivity index (χ1v) is 10.1. The molecule has 1 aliphatic rings. The van der Waals surface area contributed by atoms with Crippen molar-refractivity contribution in [3.63, 3.8) is 0 Å². The number of carbonyl (C=O) groups excluding carboxylic acids is 2. The van der Waals surface area contributed by atoms with Crippen molar-refractivity contribution in [3.8, 4) is 5.69 Å². The molecule has 0 radical (unpaired) electrons. The molecule has 2 aromatic carbocycles. The highest BCUT2D eigenvalue weighted by Crippen LogP contribution is 2.21. The monoisotopic (exact) mass is 457 g/mol. The Morgan fingerprint density at radius 1 is 1.00 bits per heavy atom. The van der Waals surface area contributed by atoms with Crippen LogP contribution < -0.4 is 0 Å². The van der Waals surface area contributed by atoms with Crippen LogP contribution in [0.4, 0.5) is 10.1 Å². The van der Waals surface area contributed by atoms with Crippen LogP contribution in [0.1, 0.15) is 20.8 Å². The highest BCUT2D eigenvalue weighted by atomic mass is 35.5. The number of nitro groups is 1. The third kappa shape index (κ3) is 4.30. The number of nitro benzene ring substituents is 1. The molecule has 1 fully saturated rings. The zero-order valence-electron chi connectivity index (χ0n) is 16.6. The van der Waals surface area contributed by atoms with Crippen LogP contribution in [-0.4, -0.2) is 62.5 Å². The van der Waals surface area contributed by atoms with E-state index in [4.69, 9.17) is 11.6 Å². The predicted molar refractivity (Wildman–Crippen MR) is 113 cm³/mol. The predicted octanol–water partition coefficient (Wildman–Crippen LogP) is 3.17. The Morgan fingerprint density at radius 3 is 2.34 bits per heavy atom. The standard InChI is InChI=1S/C21H17ClFN5O4/c22-18-12-14(23)4-5-17(18)20(29)25-8-10-26(11-9-25)21(30)19-6-7-27(24-19)15-2-1-3-16(13-15)28(31)32/h1-7,12-13H,8-11H2. The summed E-state index contributed by atoms with van der Waals surface area (Å²) in [4.78, 5) is 39.1. The number of halogens is 2. The molecule has 0 N–H and O–H groups in total. The molecule has 0 spiro atoms. The fraction of sp³-hybridized carbons (Fsp3) is 0.190. The summed E-state index contributed by atoms with van der Waals surface area (Å²) in [5.41, 5.74) is 0.791. The number of hydrogen-bond donors (Lipinski definition) is 0. The maximum atomic E-state index is 13.2. The van der Waals surface area contributed by atoms with Gasteiger partial charge in [0.1, 0.15) is 5.82 Å². The molecule has 9 nitrogen and oxygen atoms in total. The largest absolute Gasteiger partial charge is 0.335 e. The van der Waals surface area contributed by atoms with Crippen LogP contribution >= 0.6 is 11.6 Å². The summed E-state index contributed by atoms with van der Waals surface area (Å²) in [6.45, 7) is 1.19. The van der Waals surface area contributed by atoms with Crippen molar-refractivity contribution in [2.24, 2.45) is 0 Å². The van der Waals surface area contributed by atoms with Crippen molar-refractivity contribution >= 4 is 29.1 Å². The zero-order valence-corrected chi connectivity index (χ0v) is 17.4. The first-order chi connectivity index (χ1) is 15.3. The molecule has 0 atom stereocenters. The lowest BCUT2D eigenvalue weighted by atomic mass is 10.1. The summed E-state index contributed by atoms with van der Waals surface area (Å²) in [5, 5.41) is 15.3. The maximum absolute atomic E-state index is 13.2. The summed E-state index contributed by atoms with van der Waals surface area (Å²) in [6, 6.07) is 11.1. The van der Waals surface area contributed by atoms with E-state index in [1.807, 2.05) is 0 Å². The van der Waals surface area contributed by atoms with Crippen LogP contribution in [0.25, 0.3) is 5.69 Å². The fourth-order valence-corrected chi connectivity index (χ4v) is 3.69. The summed E-state index contributed by atoms with van der Waals surface area (Å²) in [5.74, 6) is -1.15. The Bertz CT molecular complexity index is 1210. The van der Waals surface area contributed by atoms with E-state index in [9.17, 15) is 24.1 Å². The number of carbonyl (C=O) groups is 2. The van der Waals surface area contributed by atoms with Crippen LogP contribution in [0.5, 0.6) is 0 Å². The van der Waals surface area contributed by atoms with Gasteiger partial charge in [-0.2, -0.15) is 5.10 Å². The van der Waals surface area contributed by atoms with Gasteiger partial charge in [-0.05, 0) is 30.3 Å². The van der Waals surface area contributed by atoms with Gasteiger partial charge in [0.05, 0.1) is 21.2 Å². The Kier molecular flexibility index (Phi) is 5.87. The molecule has 1 saturated heterocycles. The summed E-state index contributed by atoms with van der Waals surface area (Å²) < 4.78 is 14.6. The van der Waals surface area contributed by atoms with Crippen molar-refractivity contribution < 1.29 is 18.9 Å². The molecule has 32 heavy (non-hydrogen) atoms. The lowest BCUT2D eigenvalue weighted by molar-refractivity contribution is -0.384. The van der Waals surface area contributed by atoms with E-state index >= 15 is 0 Å². The topological polar surface area (TPSA) is 102 Å². The van der Waals surface area contributed by atoms with Gasteiger partial charge in [0.2, 0.25) is 0 Å². The number of piperazine rings is 1. The second-order valence-electron chi connectivity index (χ2n) is 7.13. The van der Waals surface area contributed by atoms with Gasteiger partial charge in [0.25, 0.3) is 17.5 Å². The van der Waals surface area contributed by atoms with Crippen molar-refractivity contribution in [2.75, 3.05) is 26.2 Å². The van der Waals surface area contributed by atoms with Gasteiger partial charge in [-0.15, -0.1) is 0 Å². The molecule has 1 aliphatic heterocycles. The van der Waals surface area contributed by atoms with Gasteiger partial charge in [-0.3, -0.25) is 19.7 Å². The van der Waals surface area contributed by atoms with E-state index < -0.39 is 10.7 Å². The average Bonchev–Trinajstić information content (AvgIpc) is 3.29. The molecule has 164 valence electrons. The van der Waals surface area contributed by atoms with Gasteiger partial charge < -0.3 is 9.80 Å². The highest BCUT2D eigenvalue weighted by molar-refractivity contribution is 6.33. The molecule has 2 heterocycles. The minimum absolute atomic E-state index is 0.0418. The van der Waals surface area contributed by atoms with Crippen LogP contribution in [0.3, 0.4) is 0 Å². The second kappa shape index (κ2) is 8.75. The number of amides is 2. The van der Waals surface area contributed by atoms with Gasteiger partial charge in [-0.1, -0.05) is 17.7 Å². The Balaban J connectivity index is 1.41. The van der Waals surface area contributed by atoms with E-state index in [1.165, 1.54) is 35.0 Å². The summed E-state index contributed by atoms with van der Waals surface area (Å²) >= 11 is 5.98. The zero-order chi connectivity index (χ0) is 22.8. The Labute approximate surface area is 186 Å². The average molecular weight is 458 g/mol. The second-order valence-corrected chi connectivity index (χ2v) is 7.54. The van der Waals surface area contributed by atoms with Crippen LogP contribution in [0, 0.1) is 15.9 Å². The van der Waals surface area contributed by atoms with Gasteiger partial charge in [0.15, 0.2) is 5.69 Å². The van der Waals surface area contributed by atoms with Gasteiger partial charge in [-0.25, -0.2) is 9.07 Å². The molecule has 11 heteroatoms. The third-order valence-electron chi connectivity index (χ3n) is 5.13. The molecule has 0 bridgehead atoms. The lowest BCUT2D eigenvalue weighted by Gasteiger charge is -2.34. The molecule has 2 amide bonds. The first kappa shape index (κ1) is 21.4. The first-order valence-electron chi connectivity index (χ1n) is 9.67. The molecule has 0 saturated carbocycles. The van der Waals surface area contributed by atoms with Gasteiger partial charge in [0, 0.05) is 44.5 Å². The van der Waals surface area contributed by atoms with Gasteiger partial charge >= 0.3 is 0 Å². The van der Waals surface area contributed by atoms with E-state index in [1.54, 1.807) is 28.1 Å². The van der Waals surface area contributed by atoms with Crippen LogP contribution in [-0.2, 0) is 0 Å². The molecule has 3 aromatic rings. The third-order valence-corrected chi connectivity index (χ3v) is 5.44.